The van der Waals surface area contributed by atoms with Crippen LogP contribution in [0.2, 0.25) is 0 Å². The number of amides is 1. The Labute approximate surface area is 113 Å². The molecule has 2 aromatic rings. The first-order chi connectivity index (χ1) is 9.24. The van der Waals surface area contributed by atoms with E-state index >= 15 is 0 Å². The summed E-state index contributed by atoms with van der Waals surface area (Å²) in [5.41, 5.74) is 7.14. The number of nitrogens with zero attached hydrogens (tertiary/aromatic N) is 2. The zero-order valence-electron chi connectivity index (χ0n) is 10.1. The number of anilines is 2. The van der Waals surface area contributed by atoms with E-state index in [4.69, 9.17) is 5.73 Å². The average molecular weight is 278 g/mol. The quantitative estimate of drug-likeness (QED) is 0.651. The normalized spacial score (nSPS) is 14.3. The van der Waals surface area contributed by atoms with E-state index in [1.165, 1.54) is 11.5 Å². The Morgan fingerprint density at radius 3 is 3.11 bits per heavy atom. The van der Waals surface area contributed by atoms with Crippen molar-refractivity contribution in [3.05, 3.63) is 23.5 Å². The highest BCUT2D eigenvalue weighted by molar-refractivity contribution is 7.11. The molecule has 1 amide bonds. The number of hydrogen-bond donors (Lipinski definition) is 4. The van der Waals surface area contributed by atoms with Crippen LogP contribution in [0.25, 0.3) is 0 Å². The van der Waals surface area contributed by atoms with Gasteiger partial charge in [0.1, 0.15) is 10.6 Å². The topological polar surface area (TPSA) is 109 Å². The molecule has 1 saturated carbocycles. The number of nitrogens with two attached hydrogens (primary N) is 1. The van der Waals surface area contributed by atoms with E-state index in [2.05, 4.69) is 25.2 Å². The lowest BCUT2D eigenvalue weighted by Crippen LogP contribution is -2.26. The van der Waals surface area contributed by atoms with E-state index in [1.807, 2.05) is 6.07 Å². The summed E-state index contributed by atoms with van der Waals surface area (Å²) in [5, 5.41) is 13.5. The predicted octanol–water partition coefficient (Wildman–Crippen LogP) is 0.953. The van der Waals surface area contributed by atoms with Gasteiger partial charge in [0.2, 0.25) is 0 Å². The number of nitrogens with one attached hydrogen (secondary N) is 3. The van der Waals surface area contributed by atoms with Crippen LogP contribution in [0.1, 0.15) is 28.9 Å². The van der Waals surface area contributed by atoms with Gasteiger partial charge in [-0.25, -0.2) is 0 Å². The molecule has 0 aromatic carbocycles. The van der Waals surface area contributed by atoms with Crippen molar-refractivity contribution in [2.24, 2.45) is 0 Å². The van der Waals surface area contributed by atoms with Crippen LogP contribution in [0, 0.1) is 0 Å². The first-order valence-corrected chi connectivity index (χ1v) is 6.79. The molecule has 7 nitrogen and oxygen atoms in total. The van der Waals surface area contributed by atoms with Crippen LogP contribution in [0.5, 0.6) is 0 Å². The number of rotatable bonds is 5. The van der Waals surface area contributed by atoms with Crippen LogP contribution in [0.3, 0.4) is 0 Å². The van der Waals surface area contributed by atoms with Crippen LogP contribution in [-0.2, 0) is 6.54 Å². The minimum Gasteiger partial charge on any atom is -0.382 e. The van der Waals surface area contributed by atoms with Gasteiger partial charge in [0, 0.05) is 12.2 Å². The van der Waals surface area contributed by atoms with Crippen molar-refractivity contribution in [1.82, 2.24) is 19.9 Å². The molecule has 3 rings (SSSR count). The third kappa shape index (κ3) is 2.68. The Hall–Kier alpha value is -2.09. The summed E-state index contributed by atoms with van der Waals surface area (Å²) in [5.74, 6) is 0.121. The van der Waals surface area contributed by atoms with Crippen molar-refractivity contribution in [3.63, 3.8) is 0 Å². The maximum atomic E-state index is 12.1. The number of hydrogen-bond acceptors (Lipinski definition) is 6. The standard InChI is InChI=1S/C11H14N6OS/c12-9-8(10(18)15-6-1-2-6)11(19-17-9)13-5-7-3-4-14-16-7/h3-4,6,13H,1-2,5H2,(H2,12,17)(H,14,16)(H,15,18). The van der Waals surface area contributed by atoms with Gasteiger partial charge in [-0.3, -0.25) is 9.89 Å². The fourth-order valence-electron chi connectivity index (χ4n) is 1.69. The van der Waals surface area contributed by atoms with Gasteiger partial charge in [-0.1, -0.05) is 0 Å². The molecular formula is C11H14N6OS. The monoisotopic (exact) mass is 278 g/mol. The molecule has 8 heteroatoms. The van der Waals surface area contributed by atoms with Crippen LogP contribution >= 0.6 is 11.5 Å². The number of nitrogen functional groups attached to an aromatic ring is 1. The zero-order chi connectivity index (χ0) is 13.2. The Morgan fingerprint density at radius 2 is 2.42 bits per heavy atom. The number of carbonyl (C=O) groups is 1. The summed E-state index contributed by atoms with van der Waals surface area (Å²) in [6.07, 6.45) is 3.76. The third-order valence-corrected chi connectivity index (χ3v) is 3.67. The first kappa shape index (κ1) is 12.0. The zero-order valence-corrected chi connectivity index (χ0v) is 11.0. The van der Waals surface area contributed by atoms with Gasteiger partial charge in [-0.05, 0) is 30.4 Å². The van der Waals surface area contributed by atoms with Crippen molar-refractivity contribution in [1.29, 1.82) is 0 Å². The SMILES string of the molecule is Nc1nsc(NCc2ccn[nH]2)c1C(=O)NC1CC1. The molecule has 5 N–H and O–H groups in total. The molecule has 0 aliphatic heterocycles. The lowest BCUT2D eigenvalue weighted by molar-refractivity contribution is 0.0953. The van der Waals surface area contributed by atoms with Crippen molar-refractivity contribution in [2.45, 2.75) is 25.4 Å². The summed E-state index contributed by atoms with van der Waals surface area (Å²) in [6.45, 7) is 0.547. The number of carbonyl (C=O) groups excluding carboxylic acids is 1. The molecule has 0 unspecified atom stereocenters. The fourth-order valence-corrected chi connectivity index (χ4v) is 2.39. The number of aromatic nitrogens is 3. The van der Waals surface area contributed by atoms with Crippen LogP contribution < -0.4 is 16.4 Å². The highest BCUT2D eigenvalue weighted by atomic mass is 32.1. The van der Waals surface area contributed by atoms with E-state index in [0.29, 0.717) is 23.2 Å². The lowest BCUT2D eigenvalue weighted by Gasteiger charge is -2.06. The molecule has 0 radical (unpaired) electrons. The van der Waals surface area contributed by atoms with Crippen LogP contribution in [-0.4, -0.2) is 26.5 Å². The van der Waals surface area contributed by atoms with Gasteiger partial charge in [0.25, 0.3) is 5.91 Å². The molecule has 1 fully saturated rings. The Morgan fingerprint density at radius 1 is 1.58 bits per heavy atom. The van der Waals surface area contributed by atoms with Gasteiger partial charge < -0.3 is 16.4 Å². The Kier molecular flexibility index (Phi) is 3.08. The summed E-state index contributed by atoms with van der Waals surface area (Å²) in [7, 11) is 0. The summed E-state index contributed by atoms with van der Waals surface area (Å²) >= 11 is 1.19. The van der Waals surface area contributed by atoms with E-state index in [0.717, 1.165) is 18.5 Å². The van der Waals surface area contributed by atoms with E-state index in [-0.39, 0.29) is 11.7 Å². The van der Waals surface area contributed by atoms with Crippen LogP contribution in [0.4, 0.5) is 10.8 Å². The number of H-pyrrole nitrogens is 1. The molecule has 0 bridgehead atoms. The molecule has 0 spiro atoms. The molecule has 19 heavy (non-hydrogen) atoms. The van der Waals surface area contributed by atoms with Crippen molar-refractivity contribution >= 4 is 28.3 Å². The maximum Gasteiger partial charge on any atom is 0.258 e. The fraction of sp³-hybridized carbons (Fsp3) is 0.364. The predicted molar refractivity (Wildman–Crippen MR) is 72.9 cm³/mol. The van der Waals surface area contributed by atoms with Gasteiger partial charge in [0.05, 0.1) is 12.2 Å². The summed E-state index contributed by atoms with van der Waals surface area (Å²) < 4.78 is 4.04. The smallest absolute Gasteiger partial charge is 0.258 e. The molecule has 1 aliphatic rings. The summed E-state index contributed by atoms with van der Waals surface area (Å²) in [4.78, 5) is 12.1. The number of aromatic amines is 1. The highest BCUT2D eigenvalue weighted by Gasteiger charge is 2.27. The second-order valence-corrected chi connectivity index (χ2v) is 5.23. The summed E-state index contributed by atoms with van der Waals surface area (Å²) in [6, 6.07) is 2.16. The van der Waals surface area contributed by atoms with Crippen molar-refractivity contribution in [2.75, 3.05) is 11.1 Å². The lowest BCUT2D eigenvalue weighted by atomic mass is 10.3. The molecule has 100 valence electrons. The second kappa shape index (κ2) is 4.88. The van der Waals surface area contributed by atoms with Crippen molar-refractivity contribution < 1.29 is 4.79 Å². The minimum atomic E-state index is -0.152. The van der Waals surface area contributed by atoms with Crippen molar-refractivity contribution in [3.8, 4) is 0 Å². The third-order valence-electron chi connectivity index (χ3n) is 2.86. The highest BCUT2D eigenvalue weighted by Crippen LogP contribution is 2.28. The minimum absolute atomic E-state index is 0.152. The van der Waals surface area contributed by atoms with Gasteiger partial charge in [-0.15, -0.1) is 0 Å². The average Bonchev–Trinajstić information content (AvgIpc) is 2.92. The molecule has 1 aliphatic carbocycles. The first-order valence-electron chi connectivity index (χ1n) is 6.02. The van der Waals surface area contributed by atoms with Crippen LogP contribution in [0.15, 0.2) is 12.3 Å². The van der Waals surface area contributed by atoms with Gasteiger partial charge in [-0.2, -0.15) is 9.47 Å². The Bertz CT molecular complexity index is 574. The molecule has 2 heterocycles. The molecular weight excluding hydrogens is 264 g/mol. The second-order valence-electron chi connectivity index (χ2n) is 4.46. The van der Waals surface area contributed by atoms with Gasteiger partial charge >= 0.3 is 0 Å². The van der Waals surface area contributed by atoms with Gasteiger partial charge in [0.15, 0.2) is 5.82 Å². The van der Waals surface area contributed by atoms with E-state index in [9.17, 15) is 4.79 Å². The maximum absolute atomic E-state index is 12.1. The largest absolute Gasteiger partial charge is 0.382 e. The van der Waals surface area contributed by atoms with E-state index in [1.54, 1.807) is 6.20 Å². The Balaban J connectivity index is 1.71. The molecule has 2 aromatic heterocycles. The molecule has 0 saturated heterocycles. The molecule has 0 atom stereocenters. The van der Waals surface area contributed by atoms with E-state index < -0.39 is 0 Å².